The SMILES string of the molecule is C#CC[n+]1ccn2cccc2c1C. The lowest BCUT2D eigenvalue weighted by Gasteiger charge is -1.98. The number of rotatable bonds is 1. The van der Waals surface area contributed by atoms with Gasteiger partial charge in [0, 0.05) is 13.1 Å². The number of nitrogens with zero attached hydrogens (tertiary/aromatic N) is 2. The number of hydrogen-bond acceptors (Lipinski definition) is 0. The molecule has 2 nitrogen and oxygen atoms in total. The van der Waals surface area contributed by atoms with E-state index < -0.39 is 0 Å². The quantitative estimate of drug-likeness (QED) is 0.449. The molecule has 2 aromatic heterocycles. The van der Waals surface area contributed by atoms with Gasteiger partial charge in [0.2, 0.25) is 12.2 Å². The highest BCUT2D eigenvalue weighted by Crippen LogP contribution is 2.05. The number of terminal acetylenes is 1. The van der Waals surface area contributed by atoms with Gasteiger partial charge in [-0.15, -0.1) is 6.42 Å². The lowest BCUT2D eigenvalue weighted by atomic mass is 10.3. The Kier molecular flexibility index (Phi) is 1.79. The Morgan fingerprint density at radius 3 is 3.15 bits per heavy atom. The minimum absolute atomic E-state index is 0.632. The van der Waals surface area contributed by atoms with E-state index in [-0.39, 0.29) is 0 Å². The molecule has 0 N–H and O–H groups in total. The number of aryl methyl sites for hydroxylation is 1. The number of hydrogen-bond donors (Lipinski definition) is 0. The summed E-state index contributed by atoms with van der Waals surface area (Å²) in [6.45, 7) is 2.71. The van der Waals surface area contributed by atoms with Crippen LogP contribution in [0, 0.1) is 19.3 Å². The van der Waals surface area contributed by atoms with Crippen LogP contribution in [-0.4, -0.2) is 4.40 Å². The van der Waals surface area contributed by atoms with Crippen LogP contribution in [0.3, 0.4) is 0 Å². The molecule has 0 aliphatic rings. The van der Waals surface area contributed by atoms with Crippen molar-refractivity contribution in [1.82, 2.24) is 4.40 Å². The number of aromatic nitrogens is 2. The van der Waals surface area contributed by atoms with E-state index in [0.717, 1.165) is 0 Å². The predicted octanol–water partition coefficient (Wildman–Crippen LogP) is 1.17. The van der Waals surface area contributed by atoms with Gasteiger partial charge >= 0.3 is 0 Å². The summed E-state index contributed by atoms with van der Waals surface area (Å²) >= 11 is 0. The lowest BCUT2D eigenvalue weighted by Crippen LogP contribution is -2.36. The van der Waals surface area contributed by atoms with E-state index in [1.54, 1.807) is 0 Å². The zero-order chi connectivity index (χ0) is 9.26. The second kappa shape index (κ2) is 2.95. The predicted molar refractivity (Wildman–Crippen MR) is 51.2 cm³/mol. The smallest absolute Gasteiger partial charge is 0.209 e. The fourth-order valence-corrected chi connectivity index (χ4v) is 1.51. The second-order valence-corrected chi connectivity index (χ2v) is 3.02. The molecule has 0 saturated carbocycles. The van der Waals surface area contributed by atoms with Gasteiger partial charge in [-0.1, -0.05) is 0 Å². The first-order valence-electron chi connectivity index (χ1n) is 4.22. The van der Waals surface area contributed by atoms with Crippen LogP contribution in [0.25, 0.3) is 5.52 Å². The third-order valence-electron chi connectivity index (χ3n) is 2.25. The molecule has 2 heterocycles. The monoisotopic (exact) mass is 171 g/mol. The second-order valence-electron chi connectivity index (χ2n) is 3.02. The van der Waals surface area contributed by atoms with Crippen LogP contribution in [-0.2, 0) is 6.54 Å². The molecule has 0 unspecified atom stereocenters. The average Bonchev–Trinajstić information content (AvgIpc) is 2.58. The van der Waals surface area contributed by atoms with Gasteiger partial charge < -0.3 is 4.40 Å². The molecule has 13 heavy (non-hydrogen) atoms. The first kappa shape index (κ1) is 7.88. The van der Waals surface area contributed by atoms with E-state index in [1.807, 2.05) is 24.7 Å². The summed E-state index contributed by atoms with van der Waals surface area (Å²) in [6.07, 6.45) is 11.3. The van der Waals surface area contributed by atoms with Crippen molar-refractivity contribution in [1.29, 1.82) is 0 Å². The molecule has 0 aliphatic carbocycles. The third kappa shape index (κ3) is 1.19. The van der Waals surface area contributed by atoms with Gasteiger partial charge in [-0.25, -0.2) is 0 Å². The summed E-state index contributed by atoms with van der Waals surface area (Å²) in [7, 11) is 0. The highest BCUT2D eigenvalue weighted by molar-refractivity contribution is 5.49. The maximum Gasteiger partial charge on any atom is 0.209 e. The van der Waals surface area contributed by atoms with E-state index in [0.29, 0.717) is 6.54 Å². The van der Waals surface area contributed by atoms with Crippen molar-refractivity contribution in [2.24, 2.45) is 0 Å². The maximum absolute atomic E-state index is 5.27. The summed E-state index contributed by atoms with van der Waals surface area (Å²) in [6, 6.07) is 4.12. The zero-order valence-corrected chi connectivity index (χ0v) is 7.57. The number of fused-ring (bicyclic) bond motifs is 1. The van der Waals surface area contributed by atoms with Gasteiger partial charge in [0.05, 0.1) is 6.20 Å². The van der Waals surface area contributed by atoms with Crippen molar-refractivity contribution in [3.05, 3.63) is 36.4 Å². The van der Waals surface area contributed by atoms with Crippen molar-refractivity contribution in [2.45, 2.75) is 13.5 Å². The molecule has 0 saturated heterocycles. The Hall–Kier alpha value is -1.75. The van der Waals surface area contributed by atoms with E-state index >= 15 is 0 Å². The van der Waals surface area contributed by atoms with Crippen LogP contribution in [0.1, 0.15) is 5.69 Å². The summed E-state index contributed by atoms with van der Waals surface area (Å²) in [5, 5.41) is 0. The molecule has 0 atom stereocenters. The first-order chi connectivity index (χ1) is 6.33. The van der Waals surface area contributed by atoms with Crippen LogP contribution in [0.5, 0.6) is 0 Å². The van der Waals surface area contributed by atoms with Gasteiger partial charge in [0.25, 0.3) is 0 Å². The first-order valence-corrected chi connectivity index (χ1v) is 4.22. The largest absolute Gasteiger partial charge is 0.313 e. The molecular weight excluding hydrogens is 160 g/mol. The topological polar surface area (TPSA) is 8.29 Å². The Balaban J connectivity index is 2.67. The molecule has 2 rings (SSSR count). The molecule has 0 aliphatic heterocycles. The van der Waals surface area contributed by atoms with E-state index in [4.69, 9.17) is 6.42 Å². The average molecular weight is 171 g/mol. The molecular formula is C11H11N2+. The van der Waals surface area contributed by atoms with Crippen molar-refractivity contribution < 1.29 is 4.57 Å². The molecule has 0 aromatic carbocycles. The Labute approximate surface area is 77.4 Å². The molecule has 2 aromatic rings. The molecule has 0 spiro atoms. The Bertz CT molecular complexity index is 474. The van der Waals surface area contributed by atoms with E-state index in [9.17, 15) is 0 Å². The Morgan fingerprint density at radius 2 is 2.38 bits per heavy atom. The van der Waals surface area contributed by atoms with Gasteiger partial charge in [-0.05, 0) is 18.1 Å². The summed E-state index contributed by atoms with van der Waals surface area (Å²) in [4.78, 5) is 0. The van der Waals surface area contributed by atoms with Gasteiger partial charge in [0.15, 0.2) is 6.20 Å². The maximum atomic E-state index is 5.27. The van der Waals surface area contributed by atoms with Gasteiger partial charge in [-0.3, -0.25) is 0 Å². The van der Waals surface area contributed by atoms with Crippen molar-refractivity contribution in [3.63, 3.8) is 0 Å². The Morgan fingerprint density at radius 1 is 1.54 bits per heavy atom. The fourth-order valence-electron chi connectivity index (χ4n) is 1.51. The summed E-state index contributed by atoms with van der Waals surface area (Å²) in [5.41, 5.74) is 2.41. The molecule has 0 bridgehead atoms. The third-order valence-corrected chi connectivity index (χ3v) is 2.25. The molecule has 0 amide bonds. The lowest BCUT2D eigenvalue weighted by molar-refractivity contribution is -0.690. The fraction of sp³-hybridized carbons (Fsp3) is 0.182. The van der Waals surface area contributed by atoms with Crippen LogP contribution < -0.4 is 4.57 Å². The van der Waals surface area contributed by atoms with Crippen LogP contribution in [0.2, 0.25) is 0 Å². The summed E-state index contributed by atoms with van der Waals surface area (Å²) in [5.74, 6) is 2.64. The zero-order valence-electron chi connectivity index (χ0n) is 7.57. The highest BCUT2D eigenvalue weighted by Gasteiger charge is 2.08. The van der Waals surface area contributed by atoms with Crippen LogP contribution >= 0.6 is 0 Å². The van der Waals surface area contributed by atoms with Crippen LogP contribution in [0.4, 0.5) is 0 Å². The highest BCUT2D eigenvalue weighted by atomic mass is 15.0. The van der Waals surface area contributed by atoms with Gasteiger partial charge in [0.1, 0.15) is 5.52 Å². The van der Waals surface area contributed by atoms with Gasteiger partial charge in [-0.2, -0.15) is 4.57 Å². The van der Waals surface area contributed by atoms with Crippen molar-refractivity contribution in [2.75, 3.05) is 0 Å². The molecule has 0 radical (unpaired) electrons. The minimum atomic E-state index is 0.632. The standard InChI is InChI=1S/C11H11N2/c1-3-6-12-8-9-13-7-4-5-11(13)10(12)2/h1,4-5,7-9H,6H2,2H3/q+1. The summed E-state index contributed by atoms with van der Waals surface area (Å²) < 4.78 is 4.15. The van der Waals surface area contributed by atoms with Crippen LogP contribution in [0.15, 0.2) is 30.7 Å². The van der Waals surface area contributed by atoms with E-state index in [1.165, 1.54) is 11.2 Å². The molecule has 0 fully saturated rings. The van der Waals surface area contributed by atoms with Crippen molar-refractivity contribution in [3.8, 4) is 12.3 Å². The van der Waals surface area contributed by atoms with Crippen molar-refractivity contribution >= 4 is 5.52 Å². The molecule has 2 heteroatoms. The van der Waals surface area contributed by atoms with E-state index in [2.05, 4.69) is 27.9 Å². The minimum Gasteiger partial charge on any atom is -0.313 e. The molecule has 64 valence electrons. The normalized spacial score (nSPS) is 10.2.